The number of nitrogens with zero attached hydrogens (tertiary/aromatic N) is 6. The van der Waals surface area contributed by atoms with E-state index in [2.05, 4.69) is 20.5 Å². The molecule has 0 aromatic carbocycles. The Labute approximate surface area is 143 Å². The van der Waals surface area contributed by atoms with E-state index in [1.807, 2.05) is 37.6 Å². The molecule has 0 aliphatic carbocycles. The maximum Gasteiger partial charge on any atom is 0.341 e. The third-order valence-electron chi connectivity index (χ3n) is 3.36. The second-order valence-corrected chi connectivity index (χ2v) is 7.15. The Hall–Kier alpha value is -2.42. The number of carbonyl (C=O) groups is 1. The van der Waals surface area contributed by atoms with Crippen molar-refractivity contribution >= 4 is 23.4 Å². The summed E-state index contributed by atoms with van der Waals surface area (Å²) < 4.78 is 8.40. The molecule has 9 heteroatoms. The van der Waals surface area contributed by atoms with E-state index in [1.54, 1.807) is 16.8 Å². The Morgan fingerprint density at radius 2 is 2.17 bits per heavy atom. The molecule has 3 rings (SSSR count). The van der Waals surface area contributed by atoms with E-state index < -0.39 is 5.97 Å². The van der Waals surface area contributed by atoms with Gasteiger partial charge in [-0.3, -0.25) is 0 Å². The van der Waals surface area contributed by atoms with Gasteiger partial charge in [0.15, 0.2) is 5.65 Å². The molecule has 0 bridgehead atoms. The second-order valence-electron chi connectivity index (χ2n) is 6.21. The van der Waals surface area contributed by atoms with Gasteiger partial charge in [-0.1, -0.05) is 11.8 Å². The summed E-state index contributed by atoms with van der Waals surface area (Å²) in [6, 6.07) is 3.49. The van der Waals surface area contributed by atoms with Gasteiger partial charge in [-0.05, 0) is 43.3 Å². The number of hydrogen-bond acceptors (Lipinski definition) is 7. The third kappa shape index (κ3) is 3.12. The van der Waals surface area contributed by atoms with Gasteiger partial charge in [0.2, 0.25) is 5.16 Å². The van der Waals surface area contributed by atoms with Gasteiger partial charge >= 0.3 is 5.97 Å². The fourth-order valence-corrected chi connectivity index (χ4v) is 3.17. The largest absolute Gasteiger partial charge is 0.465 e. The average molecular weight is 346 g/mol. The predicted octanol–water partition coefficient (Wildman–Crippen LogP) is 2.15. The number of thioether (sulfide) groups is 1. The van der Waals surface area contributed by atoms with Crippen LogP contribution in [0.15, 0.2) is 29.7 Å². The van der Waals surface area contributed by atoms with Crippen molar-refractivity contribution in [2.75, 3.05) is 7.11 Å². The molecule has 0 atom stereocenters. The molecule has 0 saturated carbocycles. The highest BCUT2D eigenvalue weighted by atomic mass is 32.2. The van der Waals surface area contributed by atoms with Crippen molar-refractivity contribution in [2.45, 2.75) is 37.2 Å². The smallest absolute Gasteiger partial charge is 0.341 e. The lowest BCUT2D eigenvalue weighted by Gasteiger charge is -2.19. The Balaban J connectivity index is 1.85. The number of methoxy groups -OCH3 is 1. The number of rotatable bonds is 4. The van der Waals surface area contributed by atoms with Crippen molar-refractivity contribution in [2.24, 2.45) is 0 Å². The van der Waals surface area contributed by atoms with Crippen LogP contribution in [-0.4, -0.2) is 42.7 Å². The Morgan fingerprint density at radius 1 is 1.38 bits per heavy atom. The maximum absolute atomic E-state index is 11.8. The van der Waals surface area contributed by atoms with Crippen LogP contribution in [0.4, 0.5) is 0 Å². The third-order valence-corrected chi connectivity index (χ3v) is 4.32. The van der Waals surface area contributed by atoms with Crippen LogP contribution < -0.4 is 0 Å². The number of tetrazole rings is 1. The predicted molar refractivity (Wildman–Crippen MR) is 88.9 cm³/mol. The number of fused-ring (bicyclic) bond motifs is 1. The van der Waals surface area contributed by atoms with Crippen molar-refractivity contribution in [3.63, 3.8) is 0 Å². The summed E-state index contributed by atoms with van der Waals surface area (Å²) in [5.41, 5.74) is 1.66. The zero-order valence-electron chi connectivity index (χ0n) is 13.9. The van der Waals surface area contributed by atoms with Gasteiger partial charge in [-0.25, -0.2) is 14.5 Å². The van der Waals surface area contributed by atoms with E-state index in [9.17, 15) is 4.79 Å². The fraction of sp³-hybridized carbons (Fsp3) is 0.400. The standard InChI is InChI=1S/C15H18N6O2S/c1-15(2,3)21-14(17-18-19-21)24-9-10-8-20-7-5-6-11(12(20)16-10)13(22)23-4/h5-8H,9H2,1-4H3. The van der Waals surface area contributed by atoms with Crippen LogP contribution in [0.1, 0.15) is 36.8 Å². The van der Waals surface area contributed by atoms with Gasteiger partial charge in [-0.15, -0.1) is 5.10 Å². The Morgan fingerprint density at radius 3 is 2.88 bits per heavy atom. The summed E-state index contributed by atoms with van der Waals surface area (Å²) in [5, 5.41) is 12.6. The highest BCUT2D eigenvalue weighted by molar-refractivity contribution is 7.98. The van der Waals surface area contributed by atoms with Crippen LogP contribution in [0.2, 0.25) is 0 Å². The second kappa shape index (κ2) is 6.23. The lowest BCUT2D eigenvalue weighted by Crippen LogP contribution is -2.24. The summed E-state index contributed by atoms with van der Waals surface area (Å²) in [6.07, 6.45) is 3.74. The Bertz CT molecular complexity index is 880. The van der Waals surface area contributed by atoms with E-state index in [4.69, 9.17) is 4.74 Å². The van der Waals surface area contributed by atoms with Crippen molar-refractivity contribution in [1.29, 1.82) is 0 Å². The average Bonchev–Trinajstić information content (AvgIpc) is 3.17. The van der Waals surface area contributed by atoms with Gasteiger partial charge in [0.05, 0.1) is 18.3 Å². The fourth-order valence-electron chi connectivity index (χ4n) is 2.23. The van der Waals surface area contributed by atoms with Crippen molar-refractivity contribution < 1.29 is 9.53 Å². The van der Waals surface area contributed by atoms with Crippen molar-refractivity contribution in [3.8, 4) is 0 Å². The van der Waals surface area contributed by atoms with E-state index in [1.165, 1.54) is 18.9 Å². The van der Waals surface area contributed by atoms with E-state index in [0.717, 1.165) is 10.9 Å². The summed E-state index contributed by atoms with van der Waals surface area (Å²) in [4.78, 5) is 16.4. The molecule has 0 unspecified atom stereocenters. The SMILES string of the molecule is COC(=O)c1cccn2cc(CSc3nnnn3C(C)(C)C)nc12. The van der Waals surface area contributed by atoms with Crippen LogP contribution in [0.3, 0.4) is 0 Å². The van der Waals surface area contributed by atoms with Gasteiger partial charge < -0.3 is 9.14 Å². The molecule has 3 aromatic rings. The molecular weight excluding hydrogens is 328 g/mol. The molecule has 8 nitrogen and oxygen atoms in total. The summed E-state index contributed by atoms with van der Waals surface area (Å²) in [7, 11) is 1.36. The van der Waals surface area contributed by atoms with Crippen LogP contribution in [-0.2, 0) is 16.0 Å². The van der Waals surface area contributed by atoms with Crippen LogP contribution >= 0.6 is 11.8 Å². The number of hydrogen-bond donors (Lipinski definition) is 0. The van der Waals surface area contributed by atoms with E-state index >= 15 is 0 Å². The summed E-state index contributed by atoms with van der Waals surface area (Å²) in [5.74, 6) is 0.195. The highest BCUT2D eigenvalue weighted by Crippen LogP contribution is 2.25. The van der Waals surface area contributed by atoms with Gasteiger partial charge in [0.1, 0.15) is 5.56 Å². The molecule has 0 saturated heterocycles. The molecule has 0 N–H and O–H groups in total. The summed E-state index contributed by atoms with van der Waals surface area (Å²) >= 11 is 1.50. The molecule has 0 fully saturated rings. The number of ether oxygens (including phenoxy) is 1. The van der Waals surface area contributed by atoms with E-state index in [0.29, 0.717) is 17.0 Å². The number of carbonyl (C=O) groups excluding carboxylic acids is 1. The van der Waals surface area contributed by atoms with E-state index in [-0.39, 0.29) is 5.54 Å². The molecule has 0 amide bonds. The molecule has 0 aliphatic rings. The molecule has 126 valence electrons. The quantitative estimate of drug-likeness (QED) is 0.528. The topological polar surface area (TPSA) is 87.2 Å². The minimum absolute atomic E-state index is 0.192. The zero-order valence-corrected chi connectivity index (χ0v) is 14.7. The minimum Gasteiger partial charge on any atom is -0.465 e. The lowest BCUT2D eigenvalue weighted by atomic mass is 10.1. The number of imidazole rings is 1. The number of esters is 1. The van der Waals surface area contributed by atoms with Crippen molar-refractivity contribution in [1.82, 2.24) is 29.6 Å². The molecule has 3 heterocycles. The van der Waals surface area contributed by atoms with Crippen LogP contribution in [0.25, 0.3) is 5.65 Å². The number of aromatic nitrogens is 6. The Kier molecular flexibility index (Phi) is 4.27. The van der Waals surface area contributed by atoms with Crippen LogP contribution in [0.5, 0.6) is 0 Å². The number of pyridine rings is 1. The highest BCUT2D eigenvalue weighted by Gasteiger charge is 2.20. The van der Waals surface area contributed by atoms with Gasteiger partial charge in [0, 0.05) is 18.1 Å². The minimum atomic E-state index is -0.401. The molecule has 0 spiro atoms. The molecule has 0 aliphatic heterocycles. The monoisotopic (exact) mass is 346 g/mol. The van der Waals surface area contributed by atoms with Gasteiger partial charge in [-0.2, -0.15) is 0 Å². The van der Waals surface area contributed by atoms with Crippen molar-refractivity contribution in [3.05, 3.63) is 35.8 Å². The first-order chi connectivity index (χ1) is 11.4. The first kappa shape index (κ1) is 16.4. The molecule has 0 radical (unpaired) electrons. The first-order valence-corrected chi connectivity index (χ1v) is 8.35. The van der Waals surface area contributed by atoms with Crippen LogP contribution in [0, 0.1) is 0 Å². The maximum atomic E-state index is 11.8. The molecule has 3 aromatic heterocycles. The van der Waals surface area contributed by atoms with Gasteiger partial charge in [0.25, 0.3) is 0 Å². The summed E-state index contributed by atoms with van der Waals surface area (Å²) in [6.45, 7) is 6.13. The lowest BCUT2D eigenvalue weighted by molar-refractivity contribution is 0.0602. The molecular formula is C15H18N6O2S. The molecule has 24 heavy (non-hydrogen) atoms. The normalized spacial score (nSPS) is 11.8. The first-order valence-electron chi connectivity index (χ1n) is 7.36. The zero-order chi connectivity index (χ0) is 17.3.